The van der Waals surface area contributed by atoms with Crippen molar-refractivity contribution in [1.29, 1.82) is 0 Å². The molecule has 0 unspecified atom stereocenters. The Hall–Kier alpha value is -3.11. The fourth-order valence-corrected chi connectivity index (χ4v) is 5.19. The molecule has 0 aliphatic carbocycles. The molecule has 1 aromatic heterocycles. The van der Waals surface area contributed by atoms with Gasteiger partial charge in [-0.2, -0.15) is 4.98 Å². The van der Waals surface area contributed by atoms with Gasteiger partial charge in [-0.3, -0.25) is 9.69 Å². The summed E-state index contributed by atoms with van der Waals surface area (Å²) in [6, 6.07) is 13.6. The second-order valence-electron chi connectivity index (χ2n) is 8.75. The molecule has 1 fully saturated rings. The molecule has 5 rings (SSSR count). The van der Waals surface area contributed by atoms with Crippen LogP contribution >= 0.6 is 23.2 Å². The number of benzene rings is 2. The van der Waals surface area contributed by atoms with Crippen molar-refractivity contribution in [1.82, 2.24) is 15.3 Å². The number of para-hydroxylation sites is 1. The number of hydrogen-bond donors (Lipinski definition) is 2. The minimum Gasteiger partial charge on any atom is -0.383 e. The monoisotopic (exact) mass is 527 g/mol. The first-order valence-corrected chi connectivity index (χ1v) is 12.4. The zero-order valence-corrected chi connectivity index (χ0v) is 21.6. The predicted octanol–water partition coefficient (Wildman–Crippen LogP) is 4.01. The number of nitrogens with one attached hydrogen (secondary N) is 2. The second-order valence-corrected chi connectivity index (χ2v) is 9.57. The third kappa shape index (κ3) is 4.79. The summed E-state index contributed by atoms with van der Waals surface area (Å²) in [6.07, 6.45) is 1.53. The first-order chi connectivity index (χ1) is 17.5. The number of methoxy groups -OCH3 is 1. The van der Waals surface area contributed by atoms with Crippen molar-refractivity contribution < 1.29 is 9.53 Å². The third-order valence-corrected chi connectivity index (χ3v) is 6.94. The lowest BCUT2D eigenvalue weighted by Gasteiger charge is -2.37. The Bertz CT molecular complexity index is 1240. The van der Waals surface area contributed by atoms with Gasteiger partial charge < -0.3 is 25.2 Å². The highest BCUT2D eigenvalue weighted by Crippen LogP contribution is 2.37. The van der Waals surface area contributed by atoms with Crippen molar-refractivity contribution in [2.75, 3.05) is 67.1 Å². The van der Waals surface area contributed by atoms with Crippen LogP contribution in [-0.2, 0) is 4.74 Å². The lowest BCUT2D eigenvalue weighted by atomic mass is 10.1. The molecular weight excluding hydrogens is 501 g/mol. The van der Waals surface area contributed by atoms with Crippen molar-refractivity contribution in [2.24, 2.45) is 0 Å². The number of anilines is 5. The molecule has 3 aromatic rings. The van der Waals surface area contributed by atoms with Gasteiger partial charge in [0.25, 0.3) is 5.91 Å². The molecule has 2 aliphatic rings. The number of fused-ring (bicyclic) bond motifs is 1. The zero-order valence-electron chi connectivity index (χ0n) is 20.0. The molecule has 2 aliphatic heterocycles. The number of hydrogen-bond acceptors (Lipinski definition) is 8. The molecule has 3 heterocycles. The third-order valence-electron chi connectivity index (χ3n) is 6.33. The minimum atomic E-state index is -0.254. The summed E-state index contributed by atoms with van der Waals surface area (Å²) >= 11 is 12.7. The molecule has 188 valence electrons. The molecule has 2 N–H and O–H groups in total. The summed E-state index contributed by atoms with van der Waals surface area (Å²) in [5, 5.41) is 7.48. The Labute approximate surface area is 220 Å². The van der Waals surface area contributed by atoms with E-state index in [1.54, 1.807) is 25.3 Å². The van der Waals surface area contributed by atoms with Gasteiger partial charge in [0.15, 0.2) is 0 Å². The molecule has 1 atom stereocenters. The molecule has 0 saturated carbocycles. The van der Waals surface area contributed by atoms with Crippen molar-refractivity contribution in [3.05, 3.63) is 64.3 Å². The normalized spacial score (nSPS) is 17.8. The largest absolute Gasteiger partial charge is 0.383 e. The van der Waals surface area contributed by atoms with E-state index in [0.29, 0.717) is 45.7 Å². The van der Waals surface area contributed by atoms with E-state index in [9.17, 15) is 4.79 Å². The number of carbonyl (C=O) groups excluding carboxylic acids is 1. The van der Waals surface area contributed by atoms with Gasteiger partial charge in [-0.25, -0.2) is 4.98 Å². The summed E-state index contributed by atoms with van der Waals surface area (Å²) in [7, 11) is 3.59. The first-order valence-electron chi connectivity index (χ1n) is 11.6. The van der Waals surface area contributed by atoms with Crippen molar-refractivity contribution in [3.63, 3.8) is 0 Å². The molecule has 0 bridgehead atoms. The van der Waals surface area contributed by atoms with E-state index in [0.717, 1.165) is 31.0 Å². The number of rotatable bonds is 6. The molecule has 9 nitrogen and oxygen atoms in total. The SMILES string of the molecule is COC[C@H]1CNCCN1c1ccc(Nc2ncc3c(n2)N(C)CN(c2c(Cl)cccc2Cl)C3=O)cc1. The van der Waals surface area contributed by atoms with Crippen molar-refractivity contribution in [2.45, 2.75) is 6.04 Å². The molecular formula is C25H27Cl2N7O2. The van der Waals surface area contributed by atoms with E-state index in [1.807, 2.05) is 24.1 Å². The molecule has 1 amide bonds. The number of halogens is 2. The number of nitrogens with zero attached hydrogens (tertiary/aromatic N) is 5. The van der Waals surface area contributed by atoms with Gasteiger partial charge in [-0.05, 0) is 36.4 Å². The predicted molar refractivity (Wildman–Crippen MR) is 144 cm³/mol. The minimum absolute atomic E-state index is 0.254. The van der Waals surface area contributed by atoms with Crippen LogP contribution in [0.3, 0.4) is 0 Å². The zero-order chi connectivity index (χ0) is 25.2. The fourth-order valence-electron chi connectivity index (χ4n) is 4.59. The van der Waals surface area contributed by atoms with Crippen molar-refractivity contribution in [3.8, 4) is 0 Å². The summed E-state index contributed by atoms with van der Waals surface area (Å²) < 4.78 is 5.39. The molecule has 0 radical (unpaired) electrons. The van der Waals surface area contributed by atoms with E-state index >= 15 is 0 Å². The van der Waals surface area contributed by atoms with Gasteiger partial charge in [0.2, 0.25) is 5.95 Å². The van der Waals surface area contributed by atoms with Gasteiger partial charge in [0.1, 0.15) is 11.4 Å². The smallest absolute Gasteiger partial charge is 0.265 e. The standard InChI is InChI=1S/C25H27Cl2N7O2/c1-32-15-34(22-20(26)4-3-5-21(22)27)24(35)19-13-29-25(31-23(19)32)30-16-6-8-17(9-7-16)33-11-10-28-12-18(33)14-36-2/h3-9,13,18,28H,10-12,14-15H2,1-2H3,(H,29,30,31)/t18-/m1/s1. The second kappa shape index (κ2) is 10.5. The molecule has 36 heavy (non-hydrogen) atoms. The summed E-state index contributed by atoms with van der Waals surface area (Å²) in [4.78, 5) is 28.0. The van der Waals surface area contributed by atoms with Gasteiger partial charge in [-0.1, -0.05) is 29.3 Å². The van der Waals surface area contributed by atoms with Crippen LogP contribution in [0, 0.1) is 0 Å². The van der Waals surface area contributed by atoms with Gasteiger partial charge in [0, 0.05) is 51.4 Å². The molecule has 2 aromatic carbocycles. The van der Waals surface area contributed by atoms with Crippen LogP contribution in [0.1, 0.15) is 10.4 Å². The van der Waals surface area contributed by atoms with Crippen LogP contribution < -0.4 is 25.3 Å². The number of amides is 1. The van der Waals surface area contributed by atoms with E-state index in [-0.39, 0.29) is 12.6 Å². The fraction of sp³-hybridized carbons (Fsp3) is 0.320. The molecule has 1 saturated heterocycles. The summed E-state index contributed by atoms with van der Waals surface area (Å²) in [5.74, 6) is 0.692. The van der Waals surface area contributed by atoms with Crippen LogP contribution in [0.15, 0.2) is 48.7 Å². The molecule has 0 spiro atoms. The Morgan fingerprint density at radius 1 is 1.17 bits per heavy atom. The summed E-state index contributed by atoms with van der Waals surface area (Å²) in [6.45, 7) is 3.68. The van der Waals surface area contributed by atoms with E-state index in [2.05, 4.69) is 37.6 Å². The highest BCUT2D eigenvalue weighted by molar-refractivity contribution is 6.40. The topological polar surface area (TPSA) is 85.9 Å². The Morgan fingerprint density at radius 2 is 1.92 bits per heavy atom. The quantitative estimate of drug-likeness (QED) is 0.497. The van der Waals surface area contributed by atoms with Crippen LogP contribution in [0.4, 0.5) is 28.8 Å². The lowest BCUT2D eigenvalue weighted by Crippen LogP contribution is -2.53. The van der Waals surface area contributed by atoms with E-state index < -0.39 is 0 Å². The summed E-state index contributed by atoms with van der Waals surface area (Å²) in [5.41, 5.74) is 2.84. The average molecular weight is 528 g/mol. The van der Waals surface area contributed by atoms with Crippen molar-refractivity contribution >= 4 is 57.9 Å². The Balaban J connectivity index is 1.34. The lowest BCUT2D eigenvalue weighted by molar-refractivity contribution is 0.0982. The number of aromatic nitrogens is 2. The van der Waals surface area contributed by atoms with Gasteiger partial charge in [-0.15, -0.1) is 0 Å². The maximum atomic E-state index is 13.3. The van der Waals surface area contributed by atoms with Gasteiger partial charge >= 0.3 is 0 Å². The molecule has 11 heteroatoms. The maximum Gasteiger partial charge on any atom is 0.265 e. The van der Waals surface area contributed by atoms with Crippen LogP contribution in [0.25, 0.3) is 0 Å². The first kappa shape index (κ1) is 24.6. The Kier molecular flexibility index (Phi) is 7.15. The Morgan fingerprint density at radius 3 is 2.64 bits per heavy atom. The number of piperazine rings is 1. The highest BCUT2D eigenvalue weighted by atomic mass is 35.5. The van der Waals surface area contributed by atoms with Crippen LogP contribution in [-0.4, -0.2) is 69.0 Å². The average Bonchev–Trinajstić information content (AvgIpc) is 2.88. The van der Waals surface area contributed by atoms with E-state index in [4.69, 9.17) is 27.9 Å². The highest BCUT2D eigenvalue weighted by Gasteiger charge is 2.32. The van der Waals surface area contributed by atoms with Crippen LogP contribution in [0.2, 0.25) is 10.0 Å². The van der Waals surface area contributed by atoms with Gasteiger partial charge in [0.05, 0.1) is 35.1 Å². The van der Waals surface area contributed by atoms with E-state index in [1.165, 1.54) is 11.1 Å². The number of ether oxygens (including phenoxy) is 1. The maximum absolute atomic E-state index is 13.3. The van der Waals surface area contributed by atoms with Crippen LogP contribution in [0.5, 0.6) is 0 Å². The number of carbonyl (C=O) groups is 1.